The van der Waals surface area contributed by atoms with Gasteiger partial charge in [0, 0.05) is 12.2 Å². The van der Waals surface area contributed by atoms with E-state index in [0.29, 0.717) is 0 Å². The molecule has 1 aromatic carbocycles. The standard InChI is InChI=1S/C19H22N2OS/c22-19(21-11-4-9-18(21)15-10-12-23-13-15)20-17-8-3-6-14-5-1-2-7-16(14)17/h3,6,8,10,12-13,18H,1-2,4-5,7,9,11H2,(H,20,22)/t18-/m0/s1. The second-order valence-electron chi connectivity index (χ2n) is 6.49. The topological polar surface area (TPSA) is 32.3 Å². The van der Waals surface area contributed by atoms with Gasteiger partial charge in [-0.3, -0.25) is 0 Å². The summed E-state index contributed by atoms with van der Waals surface area (Å²) in [6.45, 7) is 0.849. The van der Waals surface area contributed by atoms with Gasteiger partial charge in [-0.2, -0.15) is 11.3 Å². The summed E-state index contributed by atoms with van der Waals surface area (Å²) < 4.78 is 0. The molecule has 1 aliphatic heterocycles. The number of likely N-dealkylation sites (tertiary alicyclic amines) is 1. The molecular weight excluding hydrogens is 304 g/mol. The third-order valence-corrected chi connectivity index (χ3v) is 5.78. The summed E-state index contributed by atoms with van der Waals surface area (Å²) in [6.07, 6.45) is 6.86. The number of hydrogen-bond acceptors (Lipinski definition) is 2. The monoisotopic (exact) mass is 326 g/mol. The third-order valence-electron chi connectivity index (χ3n) is 5.08. The molecule has 2 aliphatic rings. The molecule has 3 nitrogen and oxygen atoms in total. The van der Waals surface area contributed by atoms with Gasteiger partial charge in [0.1, 0.15) is 0 Å². The van der Waals surface area contributed by atoms with Crippen molar-refractivity contribution >= 4 is 23.1 Å². The van der Waals surface area contributed by atoms with Crippen LogP contribution in [0.2, 0.25) is 0 Å². The van der Waals surface area contributed by atoms with E-state index in [1.807, 2.05) is 4.90 Å². The Bertz CT molecular complexity index is 695. The minimum absolute atomic E-state index is 0.0534. The van der Waals surface area contributed by atoms with E-state index in [-0.39, 0.29) is 12.1 Å². The van der Waals surface area contributed by atoms with E-state index >= 15 is 0 Å². The van der Waals surface area contributed by atoms with E-state index in [0.717, 1.165) is 37.9 Å². The van der Waals surface area contributed by atoms with Crippen molar-refractivity contribution in [1.29, 1.82) is 0 Å². The molecule has 0 spiro atoms. The Morgan fingerprint density at radius 1 is 1.17 bits per heavy atom. The fourth-order valence-electron chi connectivity index (χ4n) is 3.91. The number of carbonyl (C=O) groups is 1. The van der Waals surface area contributed by atoms with Crippen LogP contribution >= 0.6 is 11.3 Å². The number of fused-ring (bicyclic) bond motifs is 1. The lowest BCUT2D eigenvalue weighted by Gasteiger charge is -2.26. The molecule has 1 atom stereocenters. The maximum Gasteiger partial charge on any atom is 0.322 e. The Kier molecular flexibility index (Phi) is 4.08. The number of rotatable bonds is 2. The van der Waals surface area contributed by atoms with Crippen LogP contribution in [0.4, 0.5) is 10.5 Å². The Balaban J connectivity index is 1.54. The zero-order chi connectivity index (χ0) is 15.6. The largest absolute Gasteiger partial charge is 0.322 e. The molecule has 23 heavy (non-hydrogen) atoms. The van der Waals surface area contributed by atoms with Crippen molar-refractivity contribution in [1.82, 2.24) is 4.90 Å². The highest BCUT2D eigenvalue weighted by Crippen LogP contribution is 2.34. The van der Waals surface area contributed by atoms with E-state index in [9.17, 15) is 4.79 Å². The van der Waals surface area contributed by atoms with Gasteiger partial charge in [-0.25, -0.2) is 4.79 Å². The van der Waals surface area contributed by atoms with Crippen molar-refractivity contribution in [2.75, 3.05) is 11.9 Å². The average Bonchev–Trinajstić information content (AvgIpc) is 3.26. The van der Waals surface area contributed by atoms with E-state index in [1.165, 1.54) is 29.5 Å². The second-order valence-corrected chi connectivity index (χ2v) is 7.27. The number of benzene rings is 1. The van der Waals surface area contributed by atoms with Crippen LogP contribution in [-0.4, -0.2) is 17.5 Å². The van der Waals surface area contributed by atoms with Crippen LogP contribution in [0.3, 0.4) is 0 Å². The summed E-state index contributed by atoms with van der Waals surface area (Å²) in [5.74, 6) is 0. The summed E-state index contributed by atoms with van der Waals surface area (Å²) in [5, 5.41) is 7.46. The minimum atomic E-state index is 0.0534. The number of nitrogens with zero attached hydrogens (tertiary/aromatic N) is 1. The quantitative estimate of drug-likeness (QED) is 0.828. The lowest BCUT2D eigenvalue weighted by molar-refractivity contribution is 0.207. The highest BCUT2D eigenvalue weighted by Gasteiger charge is 2.30. The molecule has 4 heteroatoms. The van der Waals surface area contributed by atoms with Crippen molar-refractivity contribution in [3.8, 4) is 0 Å². The molecule has 1 aliphatic carbocycles. The number of hydrogen-bond donors (Lipinski definition) is 1. The van der Waals surface area contributed by atoms with Crippen LogP contribution < -0.4 is 5.32 Å². The first kappa shape index (κ1) is 14.8. The van der Waals surface area contributed by atoms with Gasteiger partial charge >= 0.3 is 6.03 Å². The maximum absolute atomic E-state index is 12.8. The lowest BCUT2D eigenvalue weighted by atomic mass is 9.90. The van der Waals surface area contributed by atoms with Gasteiger partial charge < -0.3 is 10.2 Å². The predicted octanol–water partition coefficient (Wildman–Crippen LogP) is 5.00. The average molecular weight is 326 g/mol. The van der Waals surface area contributed by atoms with Crippen molar-refractivity contribution in [3.63, 3.8) is 0 Å². The summed E-state index contributed by atoms with van der Waals surface area (Å²) >= 11 is 1.70. The fraction of sp³-hybridized carbons (Fsp3) is 0.421. The van der Waals surface area contributed by atoms with Gasteiger partial charge in [-0.1, -0.05) is 12.1 Å². The van der Waals surface area contributed by atoms with Crippen LogP contribution in [0, 0.1) is 0 Å². The van der Waals surface area contributed by atoms with Crippen LogP contribution in [0.15, 0.2) is 35.0 Å². The van der Waals surface area contributed by atoms with E-state index in [4.69, 9.17) is 0 Å². The van der Waals surface area contributed by atoms with Gasteiger partial charge in [0.25, 0.3) is 0 Å². The third kappa shape index (κ3) is 2.88. The molecule has 0 saturated carbocycles. The first-order valence-electron chi connectivity index (χ1n) is 8.53. The fourth-order valence-corrected chi connectivity index (χ4v) is 4.61. The molecule has 1 N–H and O–H groups in total. The molecule has 0 unspecified atom stereocenters. The molecule has 2 heterocycles. The van der Waals surface area contributed by atoms with Crippen molar-refractivity contribution in [3.05, 3.63) is 51.7 Å². The van der Waals surface area contributed by atoms with E-state index < -0.39 is 0 Å². The van der Waals surface area contributed by atoms with Gasteiger partial charge in [-0.15, -0.1) is 0 Å². The van der Waals surface area contributed by atoms with Gasteiger partial charge in [0.15, 0.2) is 0 Å². The Morgan fingerprint density at radius 3 is 2.96 bits per heavy atom. The summed E-state index contributed by atoms with van der Waals surface area (Å²) in [4.78, 5) is 14.8. The molecule has 1 aromatic heterocycles. The smallest absolute Gasteiger partial charge is 0.317 e. The molecular formula is C19H22N2OS. The summed E-state index contributed by atoms with van der Waals surface area (Å²) in [7, 11) is 0. The molecule has 0 bridgehead atoms. The zero-order valence-corrected chi connectivity index (χ0v) is 14.1. The molecule has 2 amide bonds. The summed E-state index contributed by atoms with van der Waals surface area (Å²) in [6, 6.07) is 8.76. The maximum atomic E-state index is 12.8. The normalized spacial score (nSPS) is 20.3. The highest BCUT2D eigenvalue weighted by molar-refractivity contribution is 7.08. The number of anilines is 1. The van der Waals surface area contributed by atoms with Crippen molar-refractivity contribution in [2.45, 2.75) is 44.6 Å². The van der Waals surface area contributed by atoms with Crippen molar-refractivity contribution < 1.29 is 4.79 Å². The Morgan fingerprint density at radius 2 is 2.09 bits per heavy atom. The second kappa shape index (κ2) is 6.36. The van der Waals surface area contributed by atoms with Crippen LogP contribution in [-0.2, 0) is 12.8 Å². The van der Waals surface area contributed by atoms with Gasteiger partial charge in [0.05, 0.1) is 6.04 Å². The Hall–Kier alpha value is -1.81. The number of nitrogens with one attached hydrogen (secondary N) is 1. The van der Waals surface area contributed by atoms with Gasteiger partial charge in [-0.05, 0) is 78.1 Å². The number of aryl methyl sites for hydroxylation is 1. The molecule has 2 aromatic rings. The number of carbonyl (C=O) groups excluding carboxylic acids is 1. The number of thiophene rings is 1. The minimum Gasteiger partial charge on any atom is -0.317 e. The number of amides is 2. The highest BCUT2D eigenvalue weighted by atomic mass is 32.1. The van der Waals surface area contributed by atoms with Crippen LogP contribution in [0.5, 0.6) is 0 Å². The molecule has 0 radical (unpaired) electrons. The molecule has 1 saturated heterocycles. The van der Waals surface area contributed by atoms with Crippen LogP contribution in [0.1, 0.15) is 48.4 Å². The van der Waals surface area contributed by atoms with Crippen molar-refractivity contribution in [2.24, 2.45) is 0 Å². The van der Waals surface area contributed by atoms with E-state index in [2.05, 4.69) is 40.3 Å². The molecule has 4 rings (SSSR count). The van der Waals surface area contributed by atoms with Crippen LogP contribution in [0.25, 0.3) is 0 Å². The first-order chi connectivity index (χ1) is 11.3. The SMILES string of the molecule is O=C(Nc1cccc2c1CCCC2)N1CCC[C@H]1c1ccsc1. The van der Waals surface area contributed by atoms with E-state index in [1.54, 1.807) is 11.3 Å². The Labute approximate surface area is 141 Å². The molecule has 120 valence electrons. The zero-order valence-electron chi connectivity index (χ0n) is 13.3. The first-order valence-corrected chi connectivity index (χ1v) is 9.48. The summed E-state index contributed by atoms with van der Waals surface area (Å²) in [5.41, 5.74) is 5.05. The molecule has 1 fully saturated rings. The van der Waals surface area contributed by atoms with Gasteiger partial charge in [0.2, 0.25) is 0 Å². The predicted molar refractivity (Wildman–Crippen MR) is 95.1 cm³/mol. The number of urea groups is 1. The lowest BCUT2D eigenvalue weighted by Crippen LogP contribution is -2.34.